The lowest BCUT2D eigenvalue weighted by Gasteiger charge is -2.35. The van der Waals surface area contributed by atoms with Gasteiger partial charge in [-0.1, -0.05) is 6.07 Å². The van der Waals surface area contributed by atoms with Crippen LogP contribution < -0.4 is 10.9 Å². The zero-order valence-corrected chi connectivity index (χ0v) is 11.0. The molecule has 0 unspecified atom stereocenters. The Labute approximate surface area is 105 Å². The number of nitrogens with zero attached hydrogens (tertiary/aromatic N) is 1. The number of primary sulfonamides is 1. The fourth-order valence-corrected chi connectivity index (χ4v) is 3.86. The van der Waals surface area contributed by atoms with Crippen LogP contribution in [-0.2, 0) is 20.0 Å². The Morgan fingerprint density at radius 3 is 2.17 bits per heavy atom. The molecule has 1 aromatic carbocycles. The normalized spacial score (nSPS) is 18.6. The van der Waals surface area contributed by atoms with Gasteiger partial charge in [-0.3, -0.25) is 0 Å². The van der Waals surface area contributed by atoms with Crippen molar-refractivity contribution in [2.24, 2.45) is 10.9 Å². The van der Waals surface area contributed by atoms with E-state index >= 15 is 0 Å². The first-order valence-electron chi connectivity index (χ1n) is 5.10. The molecule has 0 radical (unpaired) electrons. The predicted molar refractivity (Wildman–Crippen MR) is 64.5 cm³/mol. The lowest BCUT2D eigenvalue weighted by Crippen LogP contribution is -2.57. The lowest BCUT2D eigenvalue weighted by molar-refractivity contribution is 0.265. The molecule has 0 amide bonds. The number of sulfonamides is 2. The first kappa shape index (κ1) is 13.4. The van der Waals surface area contributed by atoms with Gasteiger partial charge in [-0.2, -0.15) is 4.31 Å². The van der Waals surface area contributed by atoms with Gasteiger partial charge in [-0.25, -0.2) is 22.0 Å². The molecule has 0 bridgehead atoms. The van der Waals surface area contributed by atoms with Crippen molar-refractivity contribution in [1.29, 1.82) is 0 Å². The van der Waals surface area contributed by atoms with Gasteiger partial charge < -0.3 is 5.73 Å². The molecule has 7 nitrogen and oxygen atoms in total. The number of rotatable bonds is 3. The monoisotopic (exact) mass is 291 g/mol. The fourth-order valence-electron chi connectivity index (χ4n) is 1.63. The van der Waals surface area contributed by atoms with Gasteiger partial charge in [-0.05, 0) is 18.2 Å². The molecule has 9 heteroatoms. The minimum atomic E-state index is -3.92. The van der Waals surface area contributed by atoms with E-state index in [4.69, 9.17) is 10.9 Å². The Hall–Kier alpha value is -1.00. The molecule has 0 aromatic heterocycles. The van der Waals surface area contributed by atoms with Crippen molar-refractivity contribution >= 4 is 20.0 Å². The van der Waals surface area contributed by atoms with Crippen LogP contribution in [-0.4, -0.2) is 40.3 Å². The Bertz CT molecular complexity index is 663. The first-order chi connectivity index (χ1) is 8.21. The Morgan fingerprint density at radius 2 is 1.67 bits per heavy atom. The zero-order chi connectivity index (χ0) is 13.6. The average Bonchev–Trinajstić information content (AvgIpc) is 2.24. The van der Waals surface area contributed by atoms with Crippen LogP contribution in [0.1, 0.15) is 0 Å². The highest BCUT2D eigenvalue weighted by atomic mass is 32.2. The Morgan fingerprint density at radius 1 is 1.11 bits per heavy atom. The van der Waals surface area contributed by atoms with Crippen LogP contribution >= 0.6 is 0 Å². The van der Waals surface area contributed by atoms with Gasteiger partial charge in [0.05, 0.1) is 9.79 Å². The van der Waals surface area contributed by atoms with E-state index in [0.29, 0.717) is 0 Å². The summed E-state index contributed by atoms with van der Waals surface area (Å²) in [5.74, 6) is 0. The SMILES string of the molecule is NC1CN(S(=O)(=O)c2cccc(S(N)(=O)=O)c2)C1. The van der Waals surface area contributed by atoms with E-state index in [1.165, 1.54) is 22.5 Å². The van der Waals surface area contributed by atoms with Gasteiger partial charge in [0.2, 0.25) is 20.0 Å². The van der Waals surface area contributed by atoms with Crippen molar-refractivity contribution in [2.45, 2.75) is 15.8 Å². The molecule has 0 atom stereocenters. The molecule has 1 aromatic rings. The summed E-state index contributed by atoms with van der Waals surface area (Å²) in [6.07, 6.45) is 0. The summed E-state index contributed by atoms with van der Waals surface area (Å²) < 4.78 is 47.7. The van der Waals surface area contributed by atoms with Crippen LogP contribution in [0.4, 0.5) is 0 Å². The molecule has 18 heavy (non-hydrogen) atoms. The summed E-state index contributed by atoms with van der Waals surface area (Å²) in [6, 6.07) is 4.80. The number of benzene rings is 1. The molecule has 0 aliphatic carbocycles. The molecule has 1 heterocycles. The van der Waals surface area contributed by atoms with E-state index in [9.17, 15) is 16.8 Å². The number of hydrogen-bond donors (Lipinski definition) is 2. The molecule has 0 spiro atoms. The smallest absolute Gasteiger partial charge is 0.243 e. The van der Waals surface area contributed by atoms with Crippen molar-refractivity contribution < 1.29 is 16.8 Å². The molecule has 4 N–H and O–H groups in total. The highest BCUT2D eigenvalue weighted by molar-refractivity contribution is 7.90. The van der Waals surface area contributed by atoms with Crippen LogP contribution in [0.3, 0.4) is 0 Å². The molecular formula is C9H13N3O4S2. The lowest BCUT2D eigenvalue weighted by atomic mass is 10.2. The van der Waals surface area contributed by atoms with Crippen molar-refractivity contribution in [3.8, 4) is 0 Å². The topological polar surface area (TPSA) is 124 Å². The van der Waals surface area contributed by atoms with Crippen LogP contribution in [0.25, 0.3) is 0 Å². The van der Waals surface area contributed by atoms with Gasteiger partial charge in [0.1, 0.15) is 0 Å². The van der Waals surface area contributed by atoms with Crippen LogP contribution in [0.15, 0.2) is 34.1 Å². The van der Waals surface area contributed by atoms with E-state index < -0.39 is 20.0 Å². The van der Waals surface area contributed by atoms with Gasteiger partial charge in [-0.15, -0.1) is 0 Å². The van der Waals surface area contributed by atoms with E-state index in [0.717, 1.165) is 6.07 Å². The van der Waals surface area contributed by atoms with E-state index in [1.54, 1.807) is 0 Å². The van der Waals surface area contributed by atoms with Crippen LogP contribution in [0.2, 0.25) is 0 Å². The molecule has 0 saturated carbocycles. The summed E-state index contributed by atoms with van der Waals surface area (Å²) >= 11 is 0. The third kappa shape index (κ3) is 2.40. The number of nitrogens with two attached hydrogens (primary N) is 2. The third-order valence-electron chi connectivity index (χ3n) is 2.65. The second-order valence-corrected chi connectivity index (χ2v) is 7.60. The maximum Gasteiger partial charge on any atom is 0.243 e. The fraction of sp³-hybridized carbons (Fsp3) is 0.333. The highest BCUT2D eigenvalue weighted by Crippen LogP contribution is 2.22. The van der Waals surface area contributed by atoms with Gasteiger partial charge in [0.15, 0.2) is 0 Å². The molecule has 1 fully saturated rings. The summed E-state index contributed by atoms with van der Waals surface area (Å²) in [7, 11) is -7.60. The quantitative estimate of drug-likeness (QED) is 0.713. The van der Waals surface area contributed by atoms with E-state index in [1.807, 2.05) is 0 Å². The summed E-state index contributed by atoms with van der Waals surface area (Å²) in [6.45, 7) is 0.476. The van der Waals surface area contributed by atoms with Crippen molar-refractivity contribution in [3.63, 3.8) is 0 Å². The van der Waals surface area contributed by atoms with Crippen molar-refractivity contribution in [3.05, 3.63) is 24.3 Å². The minimum absolute atomic E-state index is 0.0964. The second-order valence-electron chi connectivity index (χ2n) is 4.10. The van der Waals surface area contributed by atoms with Gasteiger partial charge in [0.25, 0.3) is 0 Å². The Kier molecular flexibility index (Phi) is 3.19. The molecule has 2 rings (SSSR count). The highest BCUT2D eigenvalue weighted by Gasteiger charge is 2.34. The molecule has 100 valence electrons. The summed E-state index contributed by atoms with van der Waals surface area (Å²) in [5.41, 5.74) is 5.52. The maximum absolute atomic E-state index is 12.1. The standard InChI is InChI=1S/C9H13N3O4S2/c10-7-5-12(6-7)18(15,16)9-3-1-2-8(4-9)17(11,13)14/h1-4,7H,5-6,10H2,(H2,11,13,14). The van der Waals surface area contributed by atoms with E-state index in [-0.39, 0.29) is 28.9 Å². The second kappa shape index (κ2) is 4.28. The van der Waals surface area contributed by atoms with Crippen molar-refractivity contribution in [1.82, 2.24) is 4.31 Å². The van der Waals surface area contributed by atoms with Crippen LogP contribution in [0, 0.1) is 0 Å². The first-order valence-corrected chi connectivity index (χ1v) is 8.08. The summed E-state index contributed by atoms with van der Waals surface area (Å²) in [4.78, 5) is -0.325. The van der Waals surface area contributed by atoms with E-state index in [2.05, 4.69) is 0 Å². The van der Waals surface area contributed by atoms with Crippen LogP contribution in [0.5, 0.6) is 0 Å². The average molecular weight is 291 g/mol. The maximum atomic E-state index is 12.1. The predicted octanol–water partition coefficient (Wildman–Crippen LogP) is -1.33. The third-order valence-corrected chi connectivity index (χ3v) is 5.39. The Balaban J connectivity index is 2.40. The zero-order valence-electron chi connectivity index (χ0n) is 9.35. The minimum Gasteiger partial charge on any atom is -0.325 e. The largest absolute Gasteiger partial charge is 0.325 e. The van der Waals surface area contributed by atoms with Crippen molar-refractivity contribution in [2.75, 3.05) is 13.1 Å². The van der Waals surface area contributed by atoms with Gasteiger partial charge in [0, 0.05) is 19.1 Å². The molecule has 1 saturated heterocycles. The molecule has 1 aliphatic rings. The number of hydrogen-bond acceptors (Lipinski definition) is 5. The molecular weight excluding hydrogens is 278 g/mol. The summed E-state index contributed by atoms with van der Waals surface area (Å²) in [5, 5.41) is 4.96. The van der Waals surface area contributed by atoms with Gasteiger partial charge >= 0.3 is 0 Å². The molecule has 1 aliphatic heterocycles.